The van der Waals surface area contributed by atoms with Gasteiger partial charge in [0, 0.05) is 18.3 Å². The molecule has 0 aromatic heterocycles. The fourth-order valence-electron chi connectivity index (χ4n) is 1.95. The van der Waals surface area contributed by atoms with Crippen LogP contribution in [0.15, 0.2) is 0 Å². The molecule has 18 heavy (non-hydrogen) atoms. The molecule has 0 radical (unpaired) electrons. The molecule has 0 amide bonds. The summed E-state index contributed by atoms with van der Waals surface area (Å²) in [5.74, 6) is 0.480. The van der Waals surface area contributed by atoms with Gasteiger partial charge in [-0.2, -0.15) is 0 Å². The third-order valence-electron chi connectivity index (χ3n) is 3.33. The average Bonchev–Trinajstić information content (AvgIpc) is 2.26. The molecule has 4 heteroatoms. The smallest absolute Gasteiger partial charge is 0.151 e. The van der Waals surface area contributed by atoms with Crippen molar-refractivity contribution in [2.24, 2.45) is 5.41 Å². The fraction of sp³-hybridized carbons (Fsp3) is 1.00. The van der Waals surface area contributed by atoms with E-state index >= 15 is 0 Å². The van der Waals surface area contributed by atoms with Gasteiger partial charge >= 0.3 is 0 Å². The SMILES string of the molecule is CCCCCC(C)(C)CNC(C)CS(=O)(=O)CC. The van der Waals surface area contributed by atoms with E-state index in [0.717, 1.165) is 6.54 Å². The molecule has 0 aliphatic rings. The number of sulfone groups is 1. The lowest BCUT2D eigenvalue weighted by Crippen LogP contribution is -2.39. The highest BCUT2D eigenvalue weighted by molar-refractivity contribution is 7.91. The van der Waals surface area contributed by atoms with E-state index in [9.17, 15) is 8.42 Å². The summed E-state index contributed by atoms with van der Waals surface area (Å²) in [6.45, 7) is 11.2. The Hall–Kier alpha value is -0.0900. The van der Waals surface area contributed by atoms with Gasteiger partial charge in [0.2, 0.25) is 0 Å². The molecule has 0 aromatic carbocycles. The molecule has 0 heterocycles. The van der Waals surface area contributed by atoms with E-state index in [1.807, 2.05) is 6.92 Å². The Balaban J connectivity index is 3.99. The molecule has 3 nitrogen and oxygen atoms in total. The minimum atomic E-state index is -2.87. The molecular weight excluding hydrogens is 246 g/mol. The van der Waals surface area contributed by atoms with Gasteiger partial charge in [-0.25, -0.2) is 8.42 Å². The summed E-state index contributed by atoms with van der Waals surface area (Å²) in [6, 6.07) is 0.0420. The Morgan fingerprint density at radius 2 is 1.78 bits per heavy atom. The molecule has 0 saturated heterocycles. The third-order valence-corrected chi connectivity index (χ3v) is 5.22. The molecule has 0 spiro atoms. The van der Waals surface area contributed by atoms with Crippen molar-refractivity contribution >= 4 is 9.84 Å². The van der Waals surface area contributed by atoms with Crippen LogP contribution in [0.1, 0.15) is 60.3 Å². The van der Waals surface area contributed by atoms with Crippen LogP contribution in [0.2, 0.25) is 0 Å². The molecule has 0 bridgehead atoms. The second-order valence-corrected chi connectivity index (χ2v) is 8.50. The first-order chi connectivity index (χ1) is 8.22. The maximum absolute atomic E-state index is 11.5. The normalized spacial score (nSPS) is 14.7. The van der Waals surface area contributed by atoms with Crippen LogP contribution in [0.25, 0.3) is 0 Å². The summed E-state index contributed by atoms with van der Waals surface area (Å²) in [5.41, 5.74) is 0.249. The summed E-state index contributed by atoms with van der Waals surface area (Å²) in [7, 11) is -2.87. The van der Waals surface area contributed by atoms with Gasteiger partial charge in [0.15, 0.2) is 9.84 Å². The van der Waals surface area contributed by atoms with Gasteiger partial charge in [-0.1, -0.05) is 47.0 Å². The molecule has 1 atom stereocenters. The molecule has 0 aliphatic carbocycles. The summed E-state index contributed by atoms with van der Waals surface area (Å²) in [4.78, 5) is 0. The lowest BCUT2D eigenvalue weighted by molar-refractivity contribution is 0.293. The fourth-order valence-corrected chi connectivity index (χ4v) is 3.07. The zero-order valence-electron chi connectivity index (χ0n) is 12.8. The Bertz CT molecular complexity index is 310. The molecule has 0 rings (SSSR count). The van der Waals surface area contributed by atoms with Crippen LogP contribution in [-0.2, 0) is 9.84 Å². The molecule has 1 N–H and O–H groups in total. The van der Waals surface area contributed by atoms with Crippen LogP contribution in [0, 0.1) is 5.41 Å². The van der Waals surface area contributed by atoms with E-state index in [0.29, 0.717) is 0 Å². The third kappa shape index (κ3) is 8.92. The minimum absolute atomic E-state index is 0.0420. The highest BCUT2D eigenvalue weighted by Crippen LogP contribution is 2.22. The minimum Gasteiger partial charge on any atom is -0.313 e. The van der Waals surface area contributed by atoms with Gasteiger partial charge in [-0.05, 0) is 18.8 Å². The number of nitrogens with one attached hydrogen (secondary N) is 1. The monoisotopic (exact) mass is 277 g/mol. The zero-order valence-corrected chi connectivity index (χ0v) is 13.6. The zero-order chi connectivity index (χ0) is 14.2. The van der Waals surface area contributed by atoms with E-state index in [2.05, 4.69) is 26.1 Å². The van der Waals surface area contributed by atoms with Crippen LogP contribution in [0.4, 0.5) is 0 Å². The van der Waals surface area contributed by atoms with Crippen molar-refractivity contribution in [2.75, 3.05) is 18.1 Å². The topological polar surface area (TPSA) is 46.2 Å². The predicted molar refractivity (Wildman–Crippen MR) is 79.7 cm³/mol. The first-order valence-electron chi connectivity index (χ1n) is 7.16. The van der Waals surface area contributed by atoms with Gasteiger partial charge in [-0.15, -0.1) is 0 Å². The van der Waals surface area contributed by atoms with Crippen LogP contribution >= 0.6 is 0 Å². The average molecular weight is 277 g/mol. The second-order valence-electron chi connectivity index (χ2n) is 6.10. The van der Waals surface area contributed by atoms with Gasteiger partial charge in [-0.3, -0.25) is 0 Å². The van der Waals surface area contributed by atoms with Crippen molar-refractivity contribution in [3.05, 3.63) is 0 Å². The van der Waals surface area contributed by atoms with Crippen molar-refractivity contribution in [3.8, 4) is 0 Å². The predicted octanol–water partition coefficient (Wildman–Crippen LogP) is 3.01. The maximum Gasteiger partial charge on any atom is 0.151 e. The van der Waals surface area contributed by atoms with E-state index in [4.69, 9.17) is 0 Å². The summed E-state index contributed by atoms with van der Waals surface area (Å²) < 4.78 is 23.0. The van der Waals surface area contributed by atoms with Crippen molar-refractivity contribution < 1.29 is 8.42 Å². The number of hydrogen-bond acceptors (Lipinski definition) is 3. The number of unbranched alkanes of at least 4 members (excludes halogenated alkanes) is 2. The van der Waals surface area contributed by atoms with Gasteiger partial charge in [0.25, 0.3) is 0 Å². The van der Waals surface area contributed by atoms with Crippen molar-refractivity contribution in [3.63, 3.8) is 0 Å². The van der Waals surface area contributed by atoms with E-state index in [1.54, 1.807) is 6.92 Å². The molecular formula is C14H31NO2S. The molecule has 1 unspecified atom stereocenters. The lowest BCUT2D eigenvalue weighted by Gasteiger charge is -2.27. The standard InChI is InChI=1S/C14H31NO2S/c1-6-8-9-10-14(4,5)12-15-13(3)11-18(16,17)7-2/h13,15H,6-12H2,1-5H3. The Morgan fingerprint density at radius 3 is 2.28 bits per heavy atom. The van der Waals surface area contributed by atoms with Gasteiger partial charge < -0.3 is 5.32 Å². The number of hydrogen-bond donors (Lipinski definition) is 1. The summed E-state index contributed by atoms with van der Waals surface area (Å²) in [6.07, 6.45) is 4.98. The number of rotatable bonds is 10. The van der Waals surface area contributed by atoms with E-state index in [1.165, 1.54) is 25.7 Å². The van der Waals surface area contributed by atoms with Crippen LogP contribution in [0.3, 0.4) is 0 Å². The second kappa shape index (κ2) is 8.16. The van der Waals surface area contributed by atoms with Gasteiger partial charge in [0.05, 0.1) is 5.75 Å². The molecule has 110 valence electrons. The quantitative estimate of drug-likeness (QED) is 0.624. The first-order valence-corrected chi connectivity index (χ1v) is 8.98. The largest absolute Gasteiger partial charge is 0.313 e. The Morgan fingerprint density at radius 1 is 1.17 bits per heavy atom. The molecule has 0 saturated carbocycles. The van der Waals surface area contributed by atoms with E-state index in [-0.39, 0.29) is 23.0 Å². The van der Waals surface area contributed by atoms with Gasteiger partial charge in [0.1, 0.15) is 0 Å². The highest BCUT2D eigenvalue weighted by Gasteiger charge is 2.20. The molecule has 0 aliphatic heterocycles. The van der Waals surface area contributed by atoms with Crippen molar-refractivity contribution in [1.29, 1.82) is 0 Å². The Kier molecular flexibility index (Phi) is 8.11. The van der Waals surface area contributed by atoms with E-state index < -0.39 is 9.84 Å². The van der Waals surface area contributed by atoms with Crippen LogP contribution in [-0.4, -0.2) is 32.5 Å². The van der Waals surface area contributed by atoms with Crippen molar-refractivity contribution in [1.82, 2.24) is 5.32 Å². The lowest BCUT2D eigenvalue weighted by atomic mass is 9.86. The van der Waals surface area contributed by atoms with Crippen LogP contribution < -0.4 is 5.32 Å². The van der Waals surface area contributed by atoms with Crippen LogP contribution in [0.5, 0.6) is 0 Å². The summed E-state index contributed by atoms with van der Waals surface area (Å²) in [5, 5.41) is 3.36. The first kappa shape index (κ1) is 17.9. The molecule has 0 aromatic rings. The van der Waals surface area contributed by atoms with Crippen molar-refractivity contribution in [2.45, 2.75) is 66.3 Å². The highest BCUT2D eigenvalue weighted by atomic mass is 32.2. The molecule has 0 fully saturated rings. The summed E-state index contributed by atoms with van der Waals surface area (Å²) >= 11 is 0. The Labute approximate surface area is 114 Å². The maximum atomic E-state index is 11.5.